The first-order valence-corrected chi connectivity index (χ1v) is 5.15. The first-order valence-electron chi connectivity index (χ1n) is 5.15. The second-order valence-corrected chi connectivity index (χ2v) is 3.98. The largest absolute Gasteiger partial charge is 0.200 e. The Labute approximate surface area is 94.4 Å². The summed E-state index contributed by atoms with van der Waals surface area (Å²) in [6, 6.07) is 6.42. The molecule has 4 nitrogen and oxygen atoms in total. The van der Waals surface area contributed by atoms with Crippen molar-refractivity contribution in [2.24, 2.45) is 0 Å². The monoisotopic (exact) mass is 214 g/mol. The van der Waals surface area contributed by atoms with E-state index in [2.05, 4.69) is 58.7 Å². The molecule has 1 N–H and O–H groups in total. The van der Waals surface area contributed by atoms with Crippen molar-refractivity contribution in [1.29, 1.82) is 0 Å². The maximum atomic E-state index is 3.94. The van der Waals surface area contributed by atoms with E-state index < -0.39 is 0 Å². The third-order valence-electron chi connectivity index (χ3n) is 2.33. The molecule has 2 aromatic rings. The second kappa shape index (κ2) is 4.26. The summed E-state index contributed by atoms with van der Waals surface area (Å²) in [4.78, 5) is 0. The van der Waals surface area contributed by atoms with E-state index in [-0.39, 0.29) is 0 Å². The molecule has 0 amide bonds. The Morgan fingerprint density at radius 1 is 1.19 bits per heavy atom. The molecular weight excluding hydrogens is 200 g/mol. The van der Waals surface area contributed by atoms with Gasteiger partial charge < -0.3 is 0 Å². The number of aromatic nitrogens is 4. The molecule has 1 heterocycles. The molecule has 0 unspecified atom stereocenters. The van der Waals surface area contributed by atoms with Gasteiger partial charge in [-0.2, -0.15) is 5.21 Å². The van der Waals surface area contributed by atoms with Crippen molar-refractivity contribution in [3.63, 3.8) is 0 Å². The van der Waals surface area contributed by atoms with Gasteiger partial charge in [-0.15, -0.1) is 10.2 Å². The number of allylic oxidation sites excluding steroid dienone is 1. The summed E-state index contributed by atoms with van der Waals surface area (Å²) in [5.74, 6) is 0.638. The second-order valence-electron chi connectivity index (χ2n) is 3.98. The number of hydrogen-bond donors (Lipinski definition) is 1. The Bertz CT molecular complexity index is 492. The van der Waals surface area contributed by atoms with Gasteiger partial charge >= 0.3 is 0 Å². The van der Waals surface area contributed by atoms with Gasteiger partial charge in [-0.1, -0.05) is 29.3 Å². The van der Waals surface area contributed by atoms with Crippen LogP contribution in [0.1, 0.15) is 29.4 Å². The highest BCUT2D eigenvalue weighted by Crippen LogP contribution is 2.15. The van der Waals surface area contributed by atoms with Crippen molar-refractivity contribution >= 4 is 11.6 Å². The lowest BCUT2D eigenvalue weighted by Crippen LogP contribution is -1.85. The maximum Gasteiger partial charge on any atom is 0.200 e. The molecule has 0 fully saturated rings. The van der Waals surface area contributed by atoms with E-state index in [1.54, 1.807) is 0 Å². The Balaban J connectivity index is 2.35. The Morgan fingerprint density at radius 3 is 2.44 bits per heavy atom. The van der Waals surface area contributed by atoms with Gasteiger partial charge in [-0.25, -0.2) is 0 Å². The van der Waals surface area contributed by atoms with E-state index >= 15 is 0 Å². The molecule has 4 heteroatoms. The van der Waals surface area contributed by atoms with Crippen LogP contribution in [0.5, 0.6) is 0 Å². The van der Waals surface area contributed by atoms with Crippen LogP contribution in [0.4, 0.5) is 0 Å². The zero-order valence-electron chi connectivity index (χ0n) is 9.65. The topological polar surface area (TPSA) is 54.5 Å². The molecule has 2 rings (SSSR count). The van der Waals surface area contributed by atoms with Gasteiger partial charge in [0.05, 0.1) is 0 Å². The van der Waals surface area contributed by atoms with Gasteiger partial charge in [-0.3, -0.25) is 0 Å². The molecule has 1 aromatic carbocycles. The lowest BCUT2D eigenvalue weighted by molar-refractivity contribution is 0.881. The van der Waals surface area contributed by atoms with E-state index in [1.165, 1.54) is 16.7 Å². The number of aryl methyl sites for hydroxylation is 2. The van der Waals surface area contributed by atoms with Crippen LogP contribution in [0.15, 0.2) is 18.2 Å². The first kappa shape index (κ1) is 10.5. The maximum absolute atomic E-state index is 3.94. The Kier molecular flexibility index (Phi) is 2.81. The third kappa shape index (κ3) is 2.34. The lowest BCUT2D eigenvalue weighted by Gasteiger charge is -2.01. The number of H-pyrrole nitrogens is 1. The van der Waals surface area contributed by atoms with Crippen LogP contribution in [0.2, 0.25) is 0 Å². The highest BCUT2D eigenvalue weighted by Gasteiger charge is 2.01. The molecule has 0 saturated heterocycles. The molecule has 0 spiro atoms. The van der Waals surface area contributed by atoms with Gasteiger partial charge in [-0.05, 0) is 43.2 Å². The molecule has 16 heavy (non-hydrogen) atoms. The highest BCUT2D eigenvalue weighted by molar-refractivity contribution is 5.77. The average Bonchev–Trinajstić information content (AvgIpc) is 2.68. The van der Waals surface area contributed by atoms with Crippen molar-refractivity contribution in [2.45, 2.75) is 20.8 Å². The molecule has 0 aliphatic heterocycles. The fraction of sp³-hybridized carbons (Fsp3) is 0.250. The average molecular weight is 214 g/mol. The highest BCUT2D eigenvalue weighted by atomic mass is 15.5. The summed E-state index contributed by atoms with van der Waals surface area (Å²) in [6.45, 7) is 6.16. The zero-order valence-corrected chi connectivity index (χ0v) is 9.65. The zero-order chi connectivity index (χ0) is 11.5. The van der Waals surface area contributed by atoms with Crippen LogP contribution in [0.3, 0.4) is 0 Å². The molecule has 1 aromatic heterocycles. The fourth-order valence-electron chi connectivity index (χ4n) is 1.74. The van der Waals surface area contributed by atoms with E-state index in [0.717, 1.165) is 5.57 Å². The minimum atomic E-state index is 0.638. The first-order chi connectivity index (χ1) is 7.65. The number of tetrazole rings is 1. The van der Waals surface area contributed by atoms with Crippen LogP contribution >= 0.6 is 0 Å². The van der Waals surface area contributed by atoms with Crippen molar-refractivity contribution in [1.82, 2.24) is 20.6 Å². The number of rotatable bonds is 2. The van der Waals surface area contributed by atoms with E-state index in [9.17, 15) is 0 Å². The van der Waals surface area contributed by atoms with Gasteiger partial charge in [0.15, 0.2) is 5.82 Å². The summed E-state index contributed by atoms with van der Waals surface area (Å²) >= 11 is 0. The number of aromatic amines is 1. The van der Waals surface area contributed by atoms with Crippen LogP contribution in [-0.4, -0.2) is 20.6 Å². The number of hydrogen-bond acceptors (Lipinski definition) is 3. The normalized spacial score (nSPS) is 11.8. The van der Waals surface area contributed by atoms with Gasteiger partial charge in [0.1, 0.15) is 0 Å². The predicted molar refractivity (Wildman–Crippen MR) is 63.6 cm³/mol. The Morgan fingerprint density at radius 2 is 1.88 bits per heavy atom. The van der Waals surface area contributed by atoms with Gasteiger partial charge in [0, 0.05) is 0 Å². The summed E-state index contributed by atoms with van der Waals surface area (Å²) in [5.41, 5.74) is 4.68. The summed E-state index contributed by atoms with van der Waals surface area (Å²) in [5, 5.41) is 13.9. The van der Waals surface area contributed by atoms with Crippen molar-refractivity contribution in [3.8, 4) is 0 Å². The number of benzene rings is 1. The molecule has 0 bridgehead atoms. The van der Waals surface area contributed by atoms with E-state index in [1.807, 2.05) is 6.92 Å². The summed E-state index contributed by atoms with van der Waals surface area (Å²) in [6.07, 6.45) is 2.06. The SMILES string of the molecule is C/C(=C\c1cc(C)cc(C)c1)c1nn[nH]n1. The van der Waals surface area contributed by atoms with Crippen molar-refractivity contribution < 1.29 is 0 Å². The molecule has 0 radical (unpaired) electrons. The minimum Gasteiger partial charge on any atom is -0.177 e. The van der Waals surface area contributed by atoms with Crippen LogP contribution in [0.25, 0.3) is 11.6 Å². The summed E-state index contributed by atoms with van der Waals surface area (Å²) < 4.78 is 0. The van der Waals surface area contributed by atoms with Gasteiger partial charge in [0.25, 0.3) is 0 Å². The van der Waals surface area contributed by atoms with Crippen LogP contribution in [-0.2, 0) is 0 Å². The number of nitrogens with one attached hydrogen (secondary N) is 1. The van der Waals surface area contributed by atoms with Crippen LogP contribution < -0.4 is 0 Å². The number of nitrogens with zero attached hydrogens (tertiary/aromatic N) is 3. The van der Waals surface area contributed by atoms with E-state index in [4.69, 9.17) is 0 Å². The molecule has 0 aliphatic rings. The van der Waals surface area contributed by atoms with Gasteiger partial charge in [0.2, 0.25) is 0 Å². The quantitative estimate of drug-likeness (QED) is 0.835. The Hall–Kier alpha value is -1.97. The van der Waals surface area contributed by atoms with E-state index in [0.29, 0.717) is 5.82 Å². The van der Waals surface area contributed by atoms with Crippen LogP contribution in [0, 0.1) is 13.8 Å². The minimum absolute atomic E-state index is 0.638. The summed E-state index contributed by atoms with van der Waals surface area (Å²) in [7, 11) is 0. The van der Waals surface area contributed by atoms with Crippen molar-refractivity contribution in [3.05, 3.63) is 40.7 Å². The smallest absolute Gasteiger partial charge is 0.177 e. The predicted octanol–water partition coefficient (Wildman–Crippen LogP) is 2.38. The lowest BCUT2D eigenvalue weighted by atomic mass is 10.1. The van der Waals surface area contributed by atoms with Crippen molar-refractivity contribution in [2.75, 3.05) is 0 Å². The molecule has 0 atom stereocenters. The standard InChI is InChI=1S/C12H14N4/c1-8-4-9(2)6-11(5-8)7-10(3)12-13-15-16-14-12/h4-7H,1-3H3,(H,13,14,15,16)/b10-7+. The molecule has 0 aliphatic carbocycles. The fourth-order valence-corrected chi connectivity index (χ4v) is 1.74. The molecular formula is C12H14N4. The molecule has 82 valence electrons. The third-order valence-corrected chi connectivity index (χ3v) is 2.33. The molecule has 0 saturated carbocycles.